The van der Waals surface area contributed by atoms with Crippen molar-refractivity contribution in [1.29, 1.82) is 0 Å². The molecular weight excluding hydrogens is 539 g/mol. The van der Waals surface area contributed by atoms with Crippen LogP contribution in [0.3, 0.4) is 0 Å². The number of carbonyl (C=O) groups excluding carboxylic acids is 2. The van der Waals surface area contributed by atoms with Crippen LogP contribution >= 0.6 is 0 Å². The summed E-state index contributed by atoms with van der Waals surface area (Å²) in [6, 6.07) is 17.8. The number of nitrogens with zero attached hydrogens (tertiary/aromatic N) is 1. The van der Waals surface area contributed by atoms with Crippen LogP contribution < -0.4 is 5.32 Å². The molecule has 42 heavy (non-hydrogen) atoms. The summed E-state index contributed by atoms with van der Waals surface area (Å²) >= 11 is 0. The van der Waals surface area contributed by atoms with Gasteiger partial charge in [0.05, 0.1) is 0 Å². The number of halogens is 1. The number of nitrogens with one attached hydrogen (secondary N) is 1. The number of amides is 2. The number of carboxylic acids is 1. The van der Waals surface area contributed by atoms with Crippen molar-refractivity contribution in [3.05, 3.63) is 101 Å². The number of phenols is 1. The number of carbonyl (C=O) groups is 3. The van der Waals surface area contributed by atoms with Gasteiger partial charge in [-0.05, 0) is 57.9 Å². The molecule has 0 fully saturated rings. The molecule has 3 N–H and O–H groups in total. The highest BCUT2D eigenvalue weighted by Crippen LogP contribution is 2.40. The van der Waals surface area contributed by atoms with Crippen LogP contribution in [-0.4, -0.2) is 46.2 Å². The average Bonchev–Trinajstić information content (AvgIpc) is 2.93. The smallest absolute Gasteiger partial charge is 0.408 e. The second-order valence-electron chi connectivity index (χ2n) is 11.7. The lowest BCUT2D eigenvalue weighted by Crippen LogP contribution is -2.60. The highest BCUT2D eigenvalue weighted by atomic mass is 19.1. The van der Waals surface area contributed by atoms with Crippen molar-refractivity contribution in [2.24, 2.45) is 5.92 Å². The van der Waals surface area contributed by atoms with E-state index in [1.165, 1.54) is 43.4 Å². The fourth-order valence-corrected chi connectivity index (χ4v) is 5.17. The van der Waals surface area contributed by atoms with E-state index < -0.39 is 46.7 Å². The lowest BCUT2D eigenvalue weighted by molar-refractivity contribution is -0.163. The lowest BCUT2D eigenvalue weighted by atomic mass is 9.75. The molecular formula is C33H39FN2O6. The first-order chi connectivity index (χ1) is 19.7. The molecule has 2 unspecified atom stereocenters. The van der Waals surface area contributed by atoms with Crippen molar-refractivity contribution < 1.29 is 33.7 Å². The highest BCUT2D eigenvalue weighted by molar-refractivity contribution is 5.92. The van der Waals surface area contributed by atoms with Gasteiger partial charge in [0.15, 0.2) is 5.54 Å². The summed E-state index contributed by atoms with van der Waals surface area (Å²) in [5.41, 5.74) is -0.247. The number of rotatable bonds is 10. The van der Waals surface area contributed by atoms with Crippen molar-refractivity contribution in [3.8, 4) is 5.75 Å². The van der Waals surface area contributed by atoms with E-state index in [9.17, 15) is 29.0 Å². The Hall–Kier alpha value is -4.40. The van der Waals surface area contributed by atoms with Crippen LogP contribution in [0.25, 0.3) is 0 Å². The van der Waals surface area contributed by atoms with Gasteiger partial charge in [0.1, 0.15) is 24.2 Å². The fraction of sp³-hybridized carbons (Fsp3) is 0.364. The van der Waals surface area contributed by atoms with Crippen LogP contribution in [0, 0.1) is 11.7 Å². The number of ether oxygens (including phenoxy) is 1. The number of phenolic OH excluding ortho intramolecular Hbond substituents is 1. The molecule has 3 aromatic carbocycles. The predicted molar refractivity (Wildman–Crippen MR) is 157 cm³/mol. The Morgan fingerprint density at radius 1 is 0.952 bits per heavy atom. The van der Waals surface area contributed by atoms with E-state index >= 15 is 0 Å². The molecule has 0 spiro atoms. The van der Waals surface area contributed by atoms with Gasteiger partial charge in [-0.25, -0.2) is 14.0 Å². The summed E-state index contributed by atoms with van der Waals surface area (Å²) in [6.45, 7) is 9.02. The normalized spacial score (nSPS) is 13.6. The molecule has 224 valence electrons. The molecule has 2 amide bonds. The summed E-state index contributed by atoms with van der Waals surface area (Å²) in [7, 11) is 1.38. The maximum absolute atomic E-state index is 14.2. The number of aromatic hydroxyl groups is 1. The topological polar surface area (TPSA) is 116 Å². The second-order valence-corrected chi connectivity index (χ2v) is 11.7. The van der Waals surface area contributed by atoms with Gasteiger partial charge in [0.25, 0.3) is 0 Å². The molecule has 9 heteroatoms. The molecule has 0 saturated heterocycles. The summed E-state index contributed by atoms with van der Waals surface area (Å²) in [6.07, 6.45) is -0.904. The third-order valence-corrected chi connectivity index (χ3v) is 7.42. The van der Waals surface area contributed by atoms with Gasteiger partial charge in [-0.15, -0.1) is 0 Å². The van der Waals surface area contributed by atoms with Crippen molar-refractivity contribution in [3.63, 3.8) is 0 Å². The van der Waals surface area contributed by atoms with E-state index in [-0.39, 0.29) is 18.8 Å². The van der Waals surface area contributed by atoms with Gasteiger partial charge in [-0.2, -0.15) is 0 Å². The second kappa shape index (κ2) is 13.1. The number of aliphatic carboxylic acids is 1. The van der Waals surface area contributed by atoms with Gasteiger partial charge in [-0.3, -0.25) is 4.79 Å². The van der Waals surface area contributed by atoms with Crippen LogP contribution in [0.1, 0.15) is 56.9 Å². The minimum atomic E-state index is -1.86. The number of benzene rings is 3. The maximum Gasteiger partial charge on any atom is 0.408 e. The first kappa shape index (κ1) is 32.1. The standard InChI is InChI=1S/C33H39FN2O6/c1-21(2)33(30(39)40,24-14-17-28(37)26(19-24)32(3,4)5)36(6)29(38)27(18-22-12-15-25(34)16-13-22)35-31(41)42-20-23-10-8-7-9-11-23/h7-17,19,21,27,37H,18,20H2,1-6H3,(H,35,41)(H,39,40). The summed E-state index contributed by atoms with van der Waals surface area (Å²) in [5.74, 6) is -3.03. The van der Waals surface area contributed by atoms with Gasteiger partial charge in [0, 0.05) is 13.5 Å². The zero-order valence-corrected chi connectivity index (χ0v) is 24.8. The van der Waals surface area contributed by atoms with Gasteiger partial charge in [-0.1, -0.05) is 83.1 Å². The molecule has 2 atom stereocenters. The third-order valence-electron chi connectivity index (χ3n) is 7.42. The van der Waals surface area contributed by atoms with Crippen molar-refractivity contribution in [2.45, 2.75) is 64.6 Å². The van der Waals surface area contributed by atoms with Gasteiger partial charge < -0.3 is 25.2 Å². The zero-order valence-electron chi connectivity index (χ0n) is 24.8. The van der Waals surface area contributed by atoms with Gasteiger partial charge >= 0.3 is 12.1 Å². The SMILES string of the molecule is CC(C)C(C(=O)O)(c1ccc(O)c(C(C)(C)C)c1)N(C)C(=O)C(Cc1ccc(F)cc1)NC(=O)OCc1ccccc1. The van der Waals surface area contributed by atoms with E-state index in [2.05, 4.69) is 5.32 Å². The Morgan fingerprint density at radius 2 is 1.57 bits per heavy atom. The number of hydrogen-bond acceptors (Lipinski definition) is 5. The zero-order chi connectivity index (χ0) is 31.2. The Kier molecular flexibility index (Phi) is 9.99. The van der Waals surface area contributed by atoms with Crippen LogP contribution in [0.5, 0.6) is 5.75 Å². The molecule has 3 aromatic rings. The predicted octanol–water partition coefficient (Wildman–Crippen LogP) is 5.76. The van der Waals surface area contributed by atoms with Crippen LogP contribution in [0.15, 0.2) is 72.8 Å². The number of hydrogen-bond donors (Lipinski definition) is 3. The quantitative estimate of drug-likeness (QED) is 0.282. The highest BCUT2D eigenvalue weighted by Gasteiger charge is 2.51. The molecule has 0 bridgehead atoms. The molecule has 0 aromatic heterocycles. The Balaban J connectivity index is 2.03. The van der Waals surface area contributed by atoms with E-state index in [4.69, 9.17) is 4.74 Å². The van der Waals surface area contributed by atoms with Crippen LogP contribution in [0.2, 0.25) is 0 Å². The van der Waals surface area contributed by atoms with E-state index in [1.54, 1.807) is 44.2 Å². The summed E-state index contributed by atoms with van der Waals surface area (Å²) in [5, 5.41) is 23.9. The number of carboxylic acid groups (broad SMARTS) is 1. The van der Waals surface area contributed by atoms with E-state index in [0.717, 1.165) is 10.5 Å². The molecule has 0 saturated carbocycles. The van der Waals surface area contributed by atoms with Gasteiger partial charge in [0.2, 0.25) is 5.91 Å². The molecule has 0 aliphatic heterocycles. The Bertz CT molecular complexity index is 1400. The molecule has 8 nitrogen and oxygen atoms in total. The number of likely N-dealkylation sites (N-methyl/N-ethyl adjacent to an activating group) is 1. The third kappa shape index (κ3) is 7.08. The van der Waals surface area contributed by atoms with Crippen molar-refractivity contribution >= 4 is 18.0 Å². The molecule has 0 heterocycles. The molecule has 0 aliphatic rings. The first-order valence-corrected chi connectivity index (χ1v) is 13.7. The Labute approximate surface area is 246 Å². The fourth-order valence-electron chi connectivity index (χ4n) is 5.17. The maximum atomic E-state index is 14.2. The number of alkyl carbamates (subject to hydrolysis) is 1. The van der Waals surface area contributed by atoms with Crippen LogP contribution in [0.4, 0.5) is 9.18 Å². The van der Waals surface area contributed by atoms with E-state index in [0.29, 0.717) is 16.7 Å². The first-order valence-electron chi connectivity index (χ1n) is 13.7. The van der Waals surface area contributed by atoms with Crippen molar-refractivity contribution in [1.82, 2.24) is 10.2 Å². The van der Waals surface area contributed by atoms with E-state index in [1.807, 2.05) is 26.8 Å². The minimum Gasteiger partial charge on any atom is -0.508 e. The summed E-state index contributed by atoms with van der Waals surface area (Å²) < 4.78 is 19.0. The average molecular weight is 579 g/mol. The molecule has 3 rings (SSSR count). The minimum absolute atomic E-state index is 0.0142. The molecule has 0 aliphatic carbocycles. The molecule has 0 radical (unpaired) electrons. The largest absolute Gasteiger partial charge is 0.508 e. The van der Waals surface area contributed by atoms with Crippen molar-refractivity contribution in [2.75, 3.05) is 7.05 Å². The lowest BCUT2D eigenvalue weighted by Gasteiger charge is -2.43. The van der Waals surface area contributed by atoms with Crippen LogP contribution in [-0.2, 0) is 38.3 Å². The monoisotopic (exact) mass is 578 g/mol. The summed E-state index contributed by atoms with van der Waals surface area (Å²) in [4.78, 5) is 41.3. The Morgan fingerprint density at radius 3 is 2.12 bits per heavy atom.